The molecule has 1 aromatic carbocycles. The van der Waals surface area contributed by atoms with Crippen LogP contribution in [0, 0.1) is 0 Å². The van der Waals surface area contributed by atoms with Crippen LogP contribution in [0.3, 0.4) is 0 Å². The normalized spacial score (nSPS) is 10.6. The Morgan fingerprint density at radius 2 is 2.18 bits per heavy atom. The van der Waals surface area contributed by atoms with Crippen LogP contribution in [0.15, 0.2) is 46.4 Å². The predicted molar refractivity (Wildman–Crippen MR) is 81.4 cm³/mol. The topological polar surface area (TPSA) is 92.9 Å². The number of hydrogen-bond acceptors (Lipinski definition) is 5. The van der Waals surface area contributed by atoms with Crippen molar-refractivity contribution < 1.29 is 14.6 Å². The molecule has 1 heterocycles. The first-order chi connectivity index (χ1) is 10.5. The van der Waals surface area contributed by atoms with Crippen LogP contribution in [0.5, 0.6) is 11.5 Å². The summed E-state index contributed by atoms with van der Waals surface area (Å²) in [6, 6.07) is 7.70. The number of aromatic hydroxyl groups is 1. The van der Waals surface area contributed by atoms with Gasteiger partial charge in [0.25, 0.3) is 11.5 Å². The number of hydrazone groups is 1. The fraction of sp³-hybridized carbons (Fsp3) is 0.133. The second-order valence-electron chi connectivity index (χ2n) is 4.47. The minimum atomic E-state index is -0.602. The Labute approximate surface area is 126 Å². The highest BCUT2D eigenvalue weighted by Gasteiger charge is 2.09. The van der Waals surface area contributed by atoms with Crippen molar-refractivity contribution in [2.24, 2.45) is 12.1 Å². The molecule has 0 atom stereocenters. The summed E-state index contributed by atoms with van der Waals surface area (Å²) in [6.45, 7) is 0. The second kappa shape index (κ2) is 6.57. The molecule has 0 fully saturated rings. The molecule has 0 aliphatic rings. The molecule has 0 aliphatic heterocycles. The molecule has 2 rings (SSSR count). The minimum Gasteiger partial charge on any atom is -0.504 e. The van der Waals surface area contributed by atoms with Crippen molar-refractivity contribution in [3.05, 3.63) is 58.0 Å². The van der Waals surface area contributed by atoms with Gasteiger partial charge in [0.1, 0.15) is 5.56 Å². The maximum Gasteiger partial charge on any atom is 0.276 e. The highest BCUT2D eigenvalue weighted by Crippen LogP contribution is 2.25. The van der Waals surface area contributed by atoms with Gasteiger partial charge >= 0.3 is 0 Å². The van der Waals surface area contributed by atoms with Gasteiger partial charge in [0.15, 0.2) is 11.5 Å². The predicted octanol–water partition coefficient (Wildman–Crippen LogP) is 0.863. The summed E-state index contributed by atoms with van der Waals surface area (Å²) in [5, 5.41) is 13.4. The standard InChI is InChI=1S/C15H15N3O4/c1-18-7-3-4-11(15(18)21)14(20)17-16-9-10-5-6-13(22-2)12(19)8-10/h3-9,19H,1-2H3,(H,17,20)/b16-9-. The van der Waals surface area contributed by atoms with Crippen molar-refractivity contribution in [2.75, 3.05) is 7.11 Å². The van der Waals surface area contributed by atoms with Gasteiger partial charge in [-0.1, -0.05) is 0 Å². The average molecular weight is 301 g/mol. The van der Waals surface area contributed by atoms with Crippen LogP contribution >= 0.6 is 0 Å². The molecule has 2 N–H and O–H groups in total. The van der Waals surface area contributed by atoms with Crippen molar-refractivity contribution in [1.82, 2.24) is 9.99 Å². The zero-order chi connectivity index (χ0) is 16.1. The smallest absolute Gasteiger partial charge is 0.276 e. The second-order valence-corrected chi connectivity index (χ2v) is 4.47. The van der Waals surface area contributed by atoms with Crippen molar-refractivity contribution in [3.63, 3.8) is 0 Å². The zero-order valence-corrected chi connectivity index (χ0v) is 12.1. The molecule has 0 unspecified atom stereocenters. The first kappa shape index (κ1) is 15.3. The number of carbonyl (C=O) groups is 1. The first-order valence-corrected chi connectivity index (χ1v) is 6.39. The van der Waals surface area contributed by atoms with Crippen molar-refractivity contribution >= 4 is 12.1 Å². The van der Waals surface area contributed by atoms with Crippen molar-refractivity contribution in [2.45, 2.75) is 0 Å². The van der Waals surface area contributed by atoms with Crippen molar-refractivity contribution in [1.29, 1.82) is 0 Å². The zero-order valence-electron chi connectivity index (χ0n) is 12.1. The van der Waals surface area contributed by atoms with Crippen LogP contribution in [0.1, 0.15) is 15.9 Å². The molecule has 0 saturated heterocycles. The van der Waals surface area contributed by atoms with Crippen LogP contribution in [-0.4, -0.2) is 28.9 Å². The van der Waals surface area contributed by atoms with Crippen LogP contribution in [-0.2, 0) is 7.05 Å². The molecule has 0 saturated carbocycles. The van der Waals surface area contributed by atoms with E-state index < -0.39 is 11.5 Å². The lowest BCUT2D eigenvalue weighted by atomic mass is 10.2. The SMILES string of the molecule is COc1ccc(/C=N\NC(=O)c2cccn(C)c2=O)cc1O. The molecule has 0 spiro atoms. The number of nitrogens with one attached hydrogen (secondary N) is 1. The molecule has 7 nitrogen and oxygen atoms in total. The van der Waals surface area contributed by atoms with E-state index in [9.17, 15) is 14.7 Å². The molecule has 1 aromatic heterocycles. The fourth-order valence-electron chi connectivity index (χ4n) is 1.78. The van der Waals surface area contributed by atoms with E-state index in [2.05, 4.69) is 10.5 Å². The molecule has 0 radical (unpaired) electrons. The number of methoxy groups -OCH3 is 1. The molecule has 22 heavy (non-hydrogen) atoms. The Kier molecular flexibility index (Phi) is 4.57. The third kappa shape index (κ3) is 3.32. The number of nitrogens with zero attached hydrogens (tertiary/aromatic N) is 2. The molecule has 2 aromatic rings. The Morgan fingerprint density at radius 1 is 1.41 bits per heavy atom. The average Bonchev–Trinajstić information content (AvgIpc) is 2.50. The summed E-state index contributed by atoms with van der Waals surface area (Å²) >= 11 is 0. The minimum absolute atomic E-state index is 0.000252. The van der Waals surface area contributed by atoms with Gasteiger partial charge in [-0.3, -0.25) is 9.59 Å². The summed E-state index contributed by atoms with van der Waals surface area (Å²) in [7, 11) is 3.01. The van der Waals surface area contributed by atoms with Gasteiger partial charge in [0.2, 0.25) is 0 Å². The number of hydrogen-bond donors (Lipinski definition) is 2. The van der Waals surface area contributed by atoms with E-state index in [1.54, 1.807) is 31.4 Å². The third-order valence-electron chi connectivity index (χ3n) is 2.95. The first-order valence-electron chi connectivity index (χ1n) is 6.39. The quantitative estimate of drug-likeness (QED) is 0.647. The number of aromatic nitrogens is 1. The number of rotatable bonds is 4. The molecule has 0 aliphatic carbocycles. The summed E-state index contributed by atoms with van der Waals surface area (Å²) in [5.74, 6) is -0.293. The summed E-state index contributed by atoms with van der Waals surface area (Å²) in [5.41, 5.74) is 2.43. The molecular weight excluding hydrogens is 286 g/mol. The van der Waals surface area contributed by atoms with E-state index in [0.717, 1.165) is 0 Å². The fourth-order valence-corrected chi connectivity index (χ4v) is 1.78. The van der Waals surface area contributed by atoms with Gasteiger partial charge in [-0.25, -0.2) is 5.43 Å². The highest BCUT2D eigenvalue weighted by atomic mass is 16.5. The summed E-state index contributed by atoms with van der Waals surface area (Å²) < 4.78 is 6.23. The number of ether oxygens (including phenoxy) is 1. The Bertz CT molecular complexity index is 781. The Morgan fingerprint density at radius 3 is 2.86 bits per heavy atom. The third-order valence-corrected chi connectivity index (χ3v) is 2.95. The number of aryl methyl sites for hydroxylation is 1. The largest absolute Gasteiger partial charge is 0.504 e. The molecular formula is C15H15N3O4. The van der Waals surface area contributed by atoms with Gasteiger partial charge in [-0.2, -0.15) is 5.10 Å². The Hall–Kier alpha value is -3.09. The maximum atomic E-state index is 11.9. The van der Waals surface area contributed by atoms with Gasteiger partial charge in [-0.15, -0.1) is 0 Å². The lowest BCUT2D eigenvalue weighted by Crippen LogP contribution is -2.29. The van der Waals surface area contributed by atoms with Crippen LogP contribution in [0.25, 0.3) is 0 Å². The number of carbonyl (C=O) groups excluding carboxylic acids is 1. The maximum absolute atomic E-state index is 11.9. The van der Waals surface area contributed by atoms with E-state index in [0.29, 0.717) is 11.3 Å². The van der Waals surface area contributed by atoms with Gasteiger partial charge < -0.3 is 14.4 Å². The van der Waals surface area contributed by atoms with Crippen LogP contribution < -0.4 is 15.7 Å². The Balaban J connectivity index is 2.09. The van der Waals surface area contributed by atoms with Crippen LogP contribution in [0.4, 0.5) is 0 Å². The molecule has 1 amide bonds. The number of phenols is 1. The van der Waals surface area contributed by atoms with E-state index in [1.165, 1.54) is 30.0 Å². The van der Waals surface area contributed by atoms with Gasteiger partial charge in [0, 0.05) is 13.2 Å². The lowest BCUT2D eigenvalue weighted by molar-refractivity contribution is 0.0953. The summed E-state index contributed by atoms with van der Waals surface area (Å²) in [6.07, 6.45) is 2.91. The van der Waals surface area contributed by atoms with Gasteiger partial charge in [0.05, 0.1) is 13.3 Å². The molecule has 0 bridgehead atoms. The van der Waals surface area contributed by atoms with E-state index in [-0.39, 0.29) is 11.3 Å². The van der Waals surface area contributed by atoms with E-state index in [1.807, 2.05) is 0 Å². The lowest BCUT2D eigenvalue weighted by Gasteiger charge is -2.03. The summed E-state index contributed by atoms with van der Waals surface area (Å²) in [4.78, 5) is 23.6. The molecule has 7 heteroatoms. The highest BCUT2D eigenvalue weighted by molar-refractivity contribution is 5.94. The number of phenolic OH excluding ortho intramolecular Hbond substituents is 1. The number of pyridine rings is 1. The monoisotopic (exact) mass is 301 g/mol. The van der Waals surface area contributed by atoms with E-state index in [4.69, 9.17) is 4.74 Å². The van der Waals surface area contributed by atoms with Gasteiger partial charge in [-0.05, 0) is 35.9 Å². The number of amides is 1. The van der Waals surface area contributed by atoms with E-state index >= 15 is 0 Å². The molecule has 114 valence electrons. The number of benzene rings is 1. The van der Waals surface area contributed by atoms with Crippen LogP contribution in [0.2, 0.25) is 0 Å². The van der Waals surface area contributed by atoms with Crippen molar-refractivity contribution in [3.8, 4) is 11.5 Å².